The number of aliphatic hydroxyl groups excluding tert-OH is 1. The Morgan fingerprint density at radius 3 is 1.40 bits per heavy atom. The molecule has 0 heterocycles. The van der Waals surface area contributed by atoms with E-state index in [-0.39, 0.29) is 0 Å². The Hall–Kier alpha value is -1.63. The van der Waals surface area contributed by atoms with Crippen LogP contribution in [0.4, 0.5) is 0 Å². The zero-order valence-corrected chi connectivity index (χ0v) is 7.79. The van der Waals surface area contributed by atoms with Crippen molar-refractivity contribution in [3.05, 3.63) is 0 Å². The third kappa shape index (κ3) is 6.44. The zero-order valence-electron chi connectivity index (χ0n) is 7.79. The van der Waals surface area contributed by atoms with E-state index in [1.54, 1.807) is 0 Å². The fraction of sp³-hybridized carbons (Fsp3) is 0.625. The number of rotatable bonds is 7. The van der Waals surface area contributed by atoms with Gasteiger partial charge in [0.1, 0.15) is 0 Å². The van der Waals surface area contributed by atoms with Gasteiger partial charge in [-0.25, -0.2) is 0 Å². The van der Waals surface area contributed by atoms with Crippen LogP contribution in [0.2, 0.25) is 0 Å². The predicted molar refractivity (Wildman–Crippen MR) is 46.3 cm³/mol. The summed E-state index contributed by atoms with van der Waals surface area (Å²) in [6.07, 6.45) is -3.26. The second-order valence-corrected chi connectivity index (χ2v) is 3.12. The van der Waals surface area contributed by atoms with Crippen LogP contribution in [0.1, 0.15) is 19.3 Å². The molecule has 86 valence electrons. The van der Waals surface area contributed by atoms with Crippen LogP contribution >= 0.6 is 0 Å². The minimum atomic E-state index is -1.46. The minimum absolute atomic E-state index is 0.569. The molecule has 0 aromatic heterocycles. The Labute approximate surface area is 85.0 Å². The molecule has 0 aliphatic carbocycles. The van der Waals surface area contributed by atoms with Crippen LogP contribution in [-0.2, 0) is 14.4 Å². The molecule has 0 radical (unpaired) electrons. The Morgan fingerprint density at radius 2 is 1.13 bits per heavy atom. The maximum Gasteiger partial charge on any atom is 0.305 e. The maximum atomic E-state index is 10.3. The molecule has 0 saturated heterocycles. The van der Waals surface area contributed by atoms with Gasteiger partial charge in [0.2, 0.25) is 0 Å². The highest BCUT2D eigenvalue weighted by Gasteiger charge is 2.26. The summed E-state index contributed by atoms with van der Waals surface area (Å²) in [7, 11) is 0. The molecule has 0 amide bonds. The predicted octanol–water partition coefficient (Wildman–Crippen LogP) is -0.612. The standard InChI is InChI=1S/C8H12O7/c9-5(3-8(14)15)4(1-6(10)11)2-7(12)13/h4-5,9H,1-3H2,(H,10,11)(H,12,13)(H,14,15). The van der Waals surface area contributed by atoms with E-state index in [0.29, 0.717) is 0 Å². The molecule has 15 heavy (non-hydrogen) atoms. The Bertz CT molecular complexity index is 244. The van der Waals surface area contributed by atoms with E-state index >= 15 is 0 Å². The summed E-state index contributed by atoms with van der Waals surface area (Å²) >= 11 is 0. The van der Waals surface area contributed by atoms with E-state index in [9.17, 15) is 19.5 Å². The average Bonchev–Trinajstić information content (AvgIpc) is 1.99. The quantitative estimate of drug-likeness (QED) is 0.449. The van der Waals surface area contributed by atoms with E-state index in [1.807, 2.05) is 0 Å². The van der Waals surface area contributed by atoms with Gasteiger partial charge in [-0.2, -0.15) is 0 Å². The Morgan fingerprint density at radius 1 is 0.800 bits per heavy atom. The maximum absolute atomic E-state index is 10.3. The number of carboxylic acids is 3. The second kappa shape index (κ2) is 5.97. The van der Waals surface area contributed by atoms with Gasteiger partial charge >= 0.3 is 17.9 Å². The first-order valence-electron chi connectivity index (χ1n) is 4.16. The molecule has 0 aromatic rings. The molecule has 7 nitrogen and oxygen atoms in total. The summed E-state index contributed by atoms with van der Waals surface area (Å²) in [6.45, 7) is 0. The molecule has 4 N–H and O–H groups in total. The van der Waals surface area contributed by atoms with Crippen molar-refractivity contribution in [3.8, 4) is 0 Å². The fourth-order valence-electron chi connectivity index (χ4n) is 1.14. The zero-order chi connectivity index (χ0) is 12.0. The van der Waals surface area contributed by atoms with Crippen LogP contribution in [0.3, 0.4) is 0 Å². The molecule has 0 rings (SSSR count). The lowest BCUT2D eigenvalue weighted by atomic mass is 9.93. The lowest BCUT2D eigenvalue weighted by Crippen LogP contribution is -2.28. The molecular weight excluding hydrogens is 208 g/mol. The highest BCUT2D eigenvalue weighted by Crippen LogP contribution is 2.16. The first-order chi connectivity index (χ1) is 6.82. The van der Waals surface area contributed by atoms with Gasteiger partial charge in [-0.15, -0.1) is 0 Å². The van der Waals surface area contributed by atoms with Crippen LogP contribution in [0.25, 0.3) is 0 Å². The van der Waals surface area contributed by atoms with Crippen LogP contribution in [-0.4, -0.2) is 44.4 Å². The number of carboxylic acid groups (broad SMARTS) is 3. The molecular formula is C8H12O7. The van der Waals surface area contributed by atoms with Gasteiger partial charge in [0.15, 0.2) is 0 Å². The molecule has 0 aliphatic heterocycles. The van der Waals surface area contributed by atoms with Crippen molar-refractivity contribution < 1.29 is 34.8 Å². The van der Waals surface area contributed by atoms with E-state index < -0.39 is 49.2 Å². The lowest BCUT2D eigenvalue weighted by molar-refractivity contribution is -0.147. The number of hydrogen-bond donors (Lipinski definition) is 4. The van der Waals surface area contributed by atoms with Crippen molar-refractivity contribution in [1.29, 1.82) is 0 Å². The van der Waals surface area contributed by atoms with Crippen LogP contribution in [0.5, 0.6) is 0 Å². The molecule has 1 atom stereocenters. The van der Waals surface area contributed by atoms with Crippen molar-refractivity contribution in [1.82, 2.24) is 0 Å². The van der Waals surface area contributed by atoms with Gasteiger partial charge < -0.3 is 20.4 Å². The van der Waals surface area contributed by atoms with E-state index in [0.717, 1.165) is 0 Å². The number of aliphatic hydroxyl groups is 1. The van der Waals surface area contributed by atoms with Crippen molar-refractivity contribution in [2.75, 3.05) is 0 Å². The van der Waals surface area contributed by atoms with Crippen molar-refractivity contribution >= 4 is 17.9 Å². The van der Waals surface area contributed by atoms with E-state index in [1.165, 1.54) is 0 Å². The van der Waals surface area contributed by atoms with Crippen LogP contribution < -0.4 is 0 Å². The van der Waals surface area contributed by atoms with Crippen LogP contribution in [0.15, 0.2) is 0 Å². The summed E-state index contributed by atoms with van der Waals surface area (Å²) in [5, 5.41) is 34.5. The second-order valence-electron chi connectivity index (χ2n) is 3.12. The van der Waals surface area contributed by atoms with Gasteiger partial charge in [-0.3, -0.25) is 14.4 Å². The molecule has 0 spiro atoms. The smallest absolute Gasteiger partial charge is 0.305 e. The molecule has 0 aromatic carbocycles. The van der Waals surface area contributed by atoms with E-state index in [4.69, 9.17) is 15.3 Å². The van der Waals surface area contributed by atoms with Crippen molar-refractivity contribution in [2.45, 2.75) is 25.4 Å². The Balaban J connectivity index is 4.38. The molecule has 0 fully saturated rings. The van der Waals surface area contributed by atoms with Crippen molar-refractivity contribution in [3.63, 3.8) is 0 Å². The number of carbonyl (C=O) groups is 3. The summed E-state index contributed by atoms with van der Waals surface area (Å²) in [5.41, 5.74) is 0. The monoisotopic (exact) mass is 220 g/mol. The summed E-state index contributed by atoms with van der Waals surface area (Å²) in [6, 6.07) is 0. The highest BCUT2D eigenvalue weighted by molar-refractivity contribution is 5.72. The largest absolute Gasteiger partial charge is 0.481 e. The van der Waals surface area contributed by atoms with E-state index in [2.05, 4.69) is 0 Å². The first kappa shape index (κ1) is 13.4. The van der Waals surface area contributed by atoms with Crippen molar-refractivity contribution in [2.24, 2.45) is 5.92 Å². The molecule has 0 bridgehead atoms. The topological polar surface area (TPSA) is 132 Å². The highest BCUT2D eigenvalue weighted by atomic mass is 16.4. The normalized spacial score (nSPS) is 12.4. The molecule has 7 heteroatoms. The third-order valence-corrected chi connectivity index (χ3v) is 1.80. The number of aliphatic carboxylic acids is 3. The average molecular weight is 220 g/mol. The minimum Gasteiger partial charge on any atom is -0.481 e. The number of hydrogen-bond acceptors (Lipinski definition) is 4. The van der Waals surface area contributed by atoms with Gasteiger partial charge in [0.05, 0.1) is 25.4 Å². The molecule has 0 saturated carbocycles. The summed E-state index contributed by atoms with van der Waals surface area (Å²) in [5.74, 6) is -4.93. The summed E-state index contributed by atoms with van der Waals surface area (Å²) < 4.78 is 0. The first-order valence-corrected chi connectivity index (χ1v) is 4.16. The van der Waals surface area contributed by atoms with Gasteiger partial charge in [0.25, 0.3) is 0 Å². The fourth-order valence-corrected chi connectivity index (χ4v) is 1.14. The van der Waals surface area contributed by atoms with Gasteiger partial charge in [0, 0.05) is 5.92 Å². The molecule has 0 aliphatic rings. The summed E-state index contributed by atoms with van der Waals surface area (Å²) in [4.78, 5) is 30.9. The lowest BCUT2D eigenvalue weighted by Gasteiger charge is -2.17. The molecule has 1 unspecified atom stereocenters. The van der Waals surface area contributed by atoms with Gasteiger partial charge in [-0.05, 0) is 0 Å². The SMILES string of the molecule is O=C(O)CC(O)C(CC(=O)O)CC(=O)O. The third-order valence-electron chi connectivity index (χ3n) is 1.80. The Kier molecular flexibility index (Phi) is 5.32. The van der Waals surface area contributed by atoms with Gasteiger partial charge in [-0.1, -0.05) is 0 Å². The van der Waals surface area contributed by atoms with Crippen LogP contribution in [0, 0.1) is 5.92 Å².